The number of carbonyl (C=O) groups excluding carboxylic acids is 1. The number of nitrogens with one attached hydrogen (secondary N) is 1. The minimum absolute atomic E-state index is 0.0166. The molecule has 0 aromatic heterocycles. The molecule has 17 heavy (non-hydrogen) atoms. The zero-order valence-corrected chi connectivity index (χ0v) is 9.68. The van der Waals surface area contributed by atoms with Crippen LogP contribution in [0.5, 0.6) is 0 Å². The first-order valence-electron chi connectivity index (χ1n) is 4.95. The number of hydrogen-bond acceptors (Lipinski definition) is 5. The van der Waals surface area contributed by atoms with E-state index in [9.17, 15) is 9.59 Å². The molecule has 0 aliphatic carbocycles. The molecule has 2 N–H and O–H groups in total. The summed E-state index contributed by atoms with van der Waals surface area (Å²) in [5, 5.41) is 11.0. The largest absolute Gasteiger partial charge is 0.480 e. The molecule has 1 unspecified atom stereocenters. The number of amides is 1. The van der Waals surface area contributed by atoms with Crippen LogP contribution in [0.4, 0.5) is 4.79 Å². The molecule has 7 nitrogen and oxygen atoms in total. The number of carbonyl (C=O) groups is 2. The van der Waals surface area contributed by atoms with Gasteiger partial charge in [-0.05, 0) is 0 Å². The lowest BCUT2D eigenvalue weighted by Crippen LogP contribution is -2.44. The Morgan fingerprint density at radius 2 is 2.18 bits per heavy atom. The van der Waals surface area contributed by atoms with Crippen LogP contribution in [-0.4, -0.2) is 56.7 Å². The van der Waals surface area contributed by atoms with Gasteiger partial charge in [0.1, 0.15) is 6.61 Å². The van der Waals surface area contributed by atoms with Gasteiger partial charge in [-0.2, -0.15) is 0 Å². The molecule has 0 saturated carbocycles. The van der Waals surface area contributed by atoms with E-state index in [1.165, 1.54) is 13.2 Å². The zero-order chi connectivity index (χ0) is 13.1. The molecule has 0 bridgehead atoms. The third-order valence-electron chi connectivity index (χ3n) is 1.64. The molecular weight excluding hydrogens is 230 g/mol. The minimum Gasteiger partial charge on any atom is -0.480 e. The van der Waals surface area contributed by atoms with Gasteiger partial charge < -0.3 is 24.6 Å². The minimum atomic E-state index is -1.20. The van der Waals surface area contributed by atoms with Gasteiger partial charge in [-0.25, -0.2) is 9.59 Å². The third-order valence-corrected chi connectivity index (χ3v) is 1.64. The van der Waals surface area contributed by atoms with Gasteiger partial charge in [0.2, 0.25) is 0 Å². The van der Waals surface area contributed by atoms with Crippen LogP contribution in [0.25, 0.3) is 0 Å². The Kier molecular flexibility index (Phi) is 8.71. The highest BCUT2D eigenvalue weighted by Gasteiger charge is 2.20. The van der Waals surface area contributed by atoms with Crippen LogP contribution in [-0.2, 0) is 19.0 Å². The predicted octanol–water partition coefficient (Wildman–Crippen LogP) is 0.0148. The van der Waals surface area contributed by atoms with E-state index in [-0.39, 0.29) is 19.8 Å². The van der Waals surface area contributed by atoms with Gasteiger partial charge in [0, 0.05) is 7.11 Å². The summed E-state index contributed by atoms with van der Waals surface area (Å²) in [6.45, 7) is 3.83. The molecule has 0 aromatic carbocycles. The summed E-state index contributed by atoms with van der Waals surface area (Å²) in [4.78, 5) is 21.9. The molecule has 0 aliphatic heterocycles. The summed E-state index contributed by atoms with van der Waals surface area (Å²) < 4.78 is 14.3. The summed E-state index contributed by atoms with van der Waals surface area (Å²) >= 11 is 0. The summed E-state index contributed by atoms with van der Waals surface area (Å²) in [5.74, 6) is -1.20. The molecule has 1 atom stereocenters. The Balaban J connectivity index is 3.93. The second kappa shape index (κ2) is 9.61. The van der Waals surface area contributed by atoms with Gasteiger partial charge in [-0.15, -0.1) is 0 Å². The Hall–Kier alpha value is -1.60. The van der Waals surface area contributed by atoms with Crippen LogP contribution in [0, 0.1) is 0 Å². The highest BCUT2D eigenvalue weighted by atomic mass is 16.6. The van der Waals surface area contributed by atoms with Crippen LogP contribution in [0.1, 0.15) is 0 Å². The molecule has 0 aliphatic rings. The van der Waals surface area contributed by atoms with Gasteiger partial charge >= 0.3 is 12.1 Å². The number of ether oxygens (including phenoxy) is 3. The molecule has 0 saturated heterocycles. The average molecular weight is 247 g/mol. The first-order valence-corrected chi connectivity index (χ1v) is 4.95. The van der Waals surface area contributed by atoms with Crippen molar-refractivity contribution in [1.82, 2.24) is 5.32 Å². The Bertz CT molecular complexity index is 255. The smallest absolute Gasteiger partial charge is 0.408 e. The number of methoxy groups -OCH3 is 1. The number of carboxylic acids is 1. The summed E-state index contributed by atoms with van der Waals surface area (Å²) in [7, 11) is 1.50. The predicted molar refractivity (Wildman–Crippen MR) is 58.8 cm³/mol. The fourth-order valence-corrected chi connectivity index (χ4v) is 0.837. The van der Waals surface area contributed by atoms with Crippen molar-refractivity contribution in [3.63, 3.8) is 0 Å². The van der Waals surface area contributed by atoms with Crippen molar-refractivity contribution in [3.8, 4) is 0 Å². The molecule has 0 fully saturated rings. The Labute approximate surface area is 99.3 Å². The SMILES string of the molecule is C=CCOC(=O)NC(COCCOC)C(=O)O. The van der Waals surface area contributed by atoms with Crippen LogP contribution < -0.4 is 5.32 Å². The molecule has 0 aromatic rings. The third kappa shape index (κ3) is 8.23. The monoisotopic (exact) mass is 247 g/mol. The number of aliphatic carboxylic acids is 1. The standard InChI is InChI=1S/C10H17NO6/c1-3-4-17-10(14)11-8(9(12)13)7-16-6-5-15-2/h3,8H,1,4-7H2,2H3,(H,11,14)(H,12,13). The van der Waals surface area contributed by atoms with Gasteiger partial charge in [-0.1, -0.05) is 12.7 Å². The van der Waals surface area contributed by atoms with Gasteiger partial charge in [0.25, 0.3) is 0 Å². The average Bonchev–Trinajstić information content (AvgIpc) is 2.30. The first kappa shape index (κ1) is 15.4. The van der Waals surface area contributed by atoms with E-state index in [0.29, 0.717) is 6.61 Å². The van der Waals surface area contributed by atoms with Crippen molar-refractivity contribution in [2.24, 2.45) is 0 Å². The Morgan fingerprint density at radius 3 is 2.71 bits per heavy atom. The van der Waals surface area contributed by atoms with E-state index in [4.69, 9.17) is 14.6 Å². The van der Waals surface area contributed by atoms with Gasteiger partial charge in [0.15, 0.2) is 6.04 Å². The quantitative estimate of drug-likeness (QED) is 0.440. The van der Waals surface area contributed by atoms with Crippen molar-refractivity contribution in [2.75, 3.05) is 33.5 Å². The molecular formula is C10H17NO6. The zero-order valence-electron chi connectivity index (χ0n) is 9.68. The molecule has 7 heteroatoms. The van der Waals surface area contributed by atoms with Crippen LogP contribution >= 0.6 is 0 Å². The number of carboxylic acid groups (broad SMARTS) is 1. The van der Waals surface area contributed by atoms with E-state index in [1.807, 2.05) is 0 Å². The van der Waals surface area contributed by atoms with Crippen molar-refractivity contribution in [1.29, 1.82) is 0 Å². The fourth-order valence-electron chi connectivity index (χ4n) is 0.837. The molecule has 98 valence electrons. The maximum atomic E-state index is 11.1. The van der Waals surface area contributed by atoms with Crippen molar-refractivity contribution in [3.05, 3.63) is 12.7 Å². The van der Waals surface area contributed by atoms with Crippen molar-refractivity contribution < 1.29 is 28.9 Å². The highest BCUT2D eigenvalue weighted by Crippen LogP contribution is 1.90. The normalized spacial score (nSPS) is 11.6. The molecule has 0 heterocycles. The number of rotatable bonds is 9. The Morgan fingerprint density at radius 1 is 1.47 bits per heavy atom. The van der Waals surface area contributed by atoms with E-state index < -0.39 is 18.1 Å². The van der Waals surface area contributed by atoms with Crippen LogP contribution in [0.3, 0.4) is 0 Å². The fraction of sp³-hybridized carbons (Fsp3) is 0.600. The summed E-state index contributed by atoms with van der Waals surface area (Å²) in [6, 6.07) is -1.15. The maximum absolute atomic E-state index is 11.1. The van der Waals surface area contributed by atoms with E-state index in [1.54, 1.807) is 0 Å². The van der Waals surface area contributed by atoms with Gasteiger partial charge in [-0.3, -0.25) is 0 Å². The second-order valence-corrected chi connectivity index (χ2v) is 2.99. The molecule has 0 radical (unpaired) electrons. The second-order valence-electron chi connectivity index (χ2n) is 2.99. The van der Waals surface area contributed by atoms with Gasteiger partial charge in [0.05, 0.1) is 19.8 Å². The topological polar surface area (TPSA) is 94.1 Å². The maximum Gasteiger partial charge on any atom is 0.408 e. The molecule has 0 rings (SSSR count). The van der Waals surface area contributed by atoms with Crippen LogP contribution in [0.15, 0.2) is 12.7 Å². The first-order chi connectivity index (χ1) is 8.11. The highest BCUT2D eigenvalue weighted by molar-refractivity contribution is 5.80. The van der Waals surface area contributed by atoms with E-state index >= 15 is 0 Å². The summed E-state index contributed by atoms with van der Waals surface area (Å²) in [5.41, 5.74) is 0. The lowest BCUT2D eigenvalue weighted by atomic mass is 10.3. The van der Waals surface area contributed by atoms with Crippen molar-refractivity contribution in [2.45, 2.75) is 6.04 Å². The van der Waals surface area contributed by atoms with Crippen molar-refractivity contribution >= 4 is 12.1 Å². The molecule has 0 spiro atoms. The number of hydrogen-bond donors (Lipinski definition) is 2. The van der Waals surface area contributed by atoms with Crippen LogP contribution in [0.2, 0.25) is 0 Å². The van der Waals surface area contributed by atoms with E-state index in [2.05, 4.69) is 16.6 Å². The lowest BCUT2D eigenvalue weighted by molar-refractivity contribution is -0.141. The lowest BCUT2D eigenvalue weighted by Gasteiger charge is -2.14. The molecule has 1 amide bonds. The number of alkyl carbamates (subject to hydrolysis) is 1. The summed E-state index contributed by atoms with van der Waals surface area (Å²) in [6.07, 6.45) is 0.553. The van der Waals surface area contributed by atoms with E-state index in [0.717, 1.165) is 0 Å².